The quantitative estimate of drug-likeness (QED) is 0.798. The highest BCUT2D eigenvalue weighted by Gasteiger charge is 2.18. The highest BCUT2D eigenvalue weighted by molar-refractivity contribution is 5.57. The van der Waals surface area contributed by atoms with Crippen LogP contribution in [0.15, 0.2) is 29.8 Å². The topological polar surface area (TPSA) is 12.0 Å². The summed E-state index contributed by atoms with van der Waals surface area (Å²) in [6.07, 6.45) is 9.41. The second kappa shape index (κ2) is 7.64. The Morgan fingerprint density at radius 2 is 1.90 bits per heavy atom. The minimum atomic E-state index is 0.555. The highest BCUT2D eigenvalue weighted by Crippen LogP contribution is 2.31. The first-order valence-corrected chi connectivity index (χ1v) is 8.16. The van der Waals surface area contributed by atoms with Crippen molar-refractivity contribution in [3.63, 3.8) is 0 Å². The minimum Gasteiger partial charge on any atom is -0.311 e. The molecule has 1 fully saturated rings. The molecule has 0 unspecified atom stereocenters. The molecule has 1 heteroatoms. The summed E-state index contributed by atoms with van der Waals surface area (Å²) in [5.74, 6) is 0.787. The summed E-state index contributed by atoms with van der Waals surface area (Å²) in [6.45, 7) is 7.70. The first kappa shape index (κ1) is 15.3. The predicted octanol–water partition coefficient (Wildman–Crippen LogP) is 4.96. The van der Waals surface area contributed by atoms with Crippen LogP contribution in [0, 0.1) is 12.8 Å². The molecule has 110 valence electrons. The van der Waals surface area contributed by atoms with Crippen molar-refractivity contribution in [3.05, 3.63) is 41.0 Å². The monoisotopic (exact) mass is 271 g/mol. The molecular formula is C19H29N. The van der Waals surface area contributed by atoms with Gasteiger partial charge in [-0.25, -0.2) is 0 Å². The zero-order chi connectivity index (χ0) is 14.4. The lowest BCUT2D eigenvalue weighted by atomic mass is 9.82. The summed E-state index contributed by atoms with van der Waals surface area (Å²) in [6, 6.07) is 9.28. The molecule has 1 aromatic rings. The van der Waals surface area contributed by atoms with Gasteiger partial charge in [0, 0.05) is 12.6 Å². The van der Waals surface area contributed by atoms with E-state index in [1.807, 2.05) is 0 Å². The summed E-state index contributed by atoms with van der Waals surface area (Å²) in [5.41, 5.74) is 4.37. The average molecular weight is 271 g/mol. The summed E-state index contributed by atoms with van der Waals surface area (Å²) in [7, 11) is 0. The molecule has 0 heterocycles. The van der Waals surface area contributed by atoms with E-state index in [0.717, 1.165) is 12.5 Å². The smallest absolute Gasteiger partial charge is 0.0173 e. The van der Waals surface area contributed by atoms with Gasteiger partial charge in [0.2, 0.25) is 0 Å². The van der Waals surface area contributed by atoms with E-state index in [-0.39, 0.29) is 0 Å². The molecule has 1 N–H and O–H groups in total. The average Bonchev–Trinajstić information content (AvgIpc) is 2.46. The lowest BCUT2D eigenvalue weighted by Gasteiger charge is -2.26. The maximum absolute atomic E-state index is 3.61. The summed E-state index contributed by atoms with van der Waals surface area (Å²) in [4.78, 5) is 0. The second-order valence-electron chi connectivity index (χ2n) is 6.45. The SMILES string of the molecule is Cc1ccccc1/C=C(/CNC(C)C)C1CCCCC1. The molecule has 0 saturated heterocycles. The van der Waals surface area contributed by atoms with Crippen molar-refractivity contribution in [2.45, 2.75) is 58.9 Å². The third-order valence-corrected chi connectivity index (χ3v) is 4.37. The fourth-order valence-electron chi connectivity index (χ4n) is 3.06. The van der Waals surface area contributed by atoms with Crippen LogP contribution in [0.2, 0.25) is 0 Å². The van der Waals surface area contributed by atoms with Crippen LogP contribution in [-0.2, 0) is 0 Å². The lowest BCUT2D eigenvalue weighted by Crippen LogP contribution is -2.27. The Bertz CT molecular complexity index is 439. The van der Waals surface area contributed by atoms with E-state index in [9.17, 15) is 0 Å². The van der Waals surface area contributed by atoms with Crippen LogP contribution in [0.4, 0.5) is 0 Å². The number of nitrogens with one attached hydrogen (secondary N) is 1. The molecule has 0 aromatic heterocycles. The summed E-state index contributed by atoms with van der Waals surface area (Å²) >= 11 is 0. The van der Waals surface area contributed by atoms with Gasteiger partial charge < -0.3 is 5.32 Å². The molecule has 0 spiro atoms. The summed E-state index contributed by atoms with van der Waals surface area (Å²) in [5, 5.41) is 3.61. The van der Waals surface area contributed by atoms with Crippen LogP contribution in [0.25, 0.3) is 6.08 Å². The zero-order valence-electron chi connectivity index (χ0n) is 13.3. The zero-order valence-corrected chi connectivity index (χ0v) is 13.3. The Hall–Kier alpha value is -1.08. The Labute approximate surface area is 124 Å². The third kappa shape index (κ3) is 4.49. The van der Waals surface area contributed by atoms with Gasteiger partial charge in [-0.05, 0) is 36.8 Å². The molecule has 0 bridgehead atoms. The molecule has 2 rings (SSSR count). The molecule has 1 saturated carbocycles. The van der Waals surface area contributed by atoms with Crippen LogP contribution in [0.5, 0.6) is 0 Å². The number of benzene rings is 1. The van der Waals surface area contributed by atoms with E-state index in [1.165, 1.54) is 43.2 Å². The van der Waals surface area contributed by atoms with Crippen molar-refractivity contribution in [2.75, 3.05) is 6.54 Å². The number of aryl methyl sites for hydroxylation is 1. The van der Waals surface area contributed by atoms with Crippen LogP contribution in [-0.4, -0.2) is 12.6 Å². The van der Waals surface area contributed by atoms with Gasteiger partial charge in [0.15, 0.2) is 0 Å². The van der Waals surface area contributed by atoms with Crippen molar-refractivity contribution < 1.29 is 0 Å². The predicted molar refractivity (Wildman–Crippen MR) is 88.9 cm³/mol. The van der Waals surface area contributed by atoms with Gasteiger partial charge in [-0.2, -0.15) is 0 Å². The normalized spacial score (nSPS) is 17.7. The van der Waals surface area contributed by atoms with Gasteiger partial charge in [0.05, 0.1) is 0 Å². The number of hydrogen-bond acceptors (Lipinski definition) is 1. The molecule has 0 atom stereocenters. The minimum absolute atomic E-state index is 0.555. The standard InChI is InChI=1S/C19H29N/c1-15(2)20-14-19(17-10-5-4-6-11-17)13-18-12-8-7-9-16(18)3/h7-9,12-13,15,17,20H,4-6,10-11,14H2,1-3H3/b19-13-. The van der Waals surface area contributed by atoms with E-state index in [4.69, 9.17) is 0 Å². The van der Waals surface area contributed by atoms with Crippen molar-refractivity contribution in [1.29, 1.82) is 0 Å². The second-order valence-corrected chi connectivity index (χ2v) is 6.45. The van der Waals surface area contributed by atoms with Crippen LogP contribution in [0.1, 0.15) is 57.1 Å². The molecule has 20 heavy (non-hydrogen) atoms. The largest absolute Gasteiger partial charge is 0.311 e. The van der Waals surface area contributed by atoms with Gasteiger partial charge in [-0.15, -0.1) is 0 Å². The van der Waals surface area contributed by atoms with E-state index in [0.29, 0.717) is 6.04 Å². The van der Waals surface area contributed by atoms with Crippen LogP contribution >= 0.6 is 0 Å². The first-order chi connectivity index (χ1) is 9.66. The Morgan fingerprint density at radius 1 is 1.20 bits per heavy atom. The molecule has 1 nitrogen and oxygen atoms in total. The van der Waals surface area contributed by atoms with Gasteiger partial charge in [0.1, 0.15) is 0 Å². The fraction of sp³-hybridized carbons (Fsp3) is 0.579. The molecule has 1 aliphatic rings. The van der Waals surface area contributed by atoms with Crippen LogP contribution < -0.4 is 5.32 Å². The maximum Gasteiger partial charge on any atom is 0.0173 e. The van der Waals surface area contributed by atoms with Crippen molar-refractivity contribution in [1.82, 2.24) is 5.32 Å². The van der Waals surface area contributed by atoms with Gasteiger partial charge in [-0.3, -0.25) is 0 Å². The lowest BCUT2D eigenvalue weighted by molar-refractivity contribution is 0.394. The van der Waals surface area contributed by atoms with Crippen molar-refractivity contribution >= 4 is 6.08 Å². The fourth-order valence-corrected chi connectivity index (χ4v) is 3.06. The van der Waals surface area contributed by atoms with Crippen LogP contribution in [0.3, 0.4) is 0 Å². The number of hydrogen-bond donors (Lipinski definition) is 1. The van der Waals surface area contributed by atoms with E-state index in [1.54, 1.807) is 5.57 Å². The van der Waals surface area contributed by atoms with Crippen molar-refractivity contribution in [3.8, 4) is 0 Å². The molecule has 1 aromatic carbocycles. The van der Waals surface area contributed by atoms with Gasteiger partial charge in [0.25, 0.3) is 0 Å². The Kier molecular flexibility index (Phi) is 5.85. The Morgan fingerprint density at radius 3 is 2.55 bits per heavy atom. The molecular weight excluding hydrogens is 242 g/mol. The highest BCUT2D eigenvalue weighted by atomic mass is 14.9. The molecule has 0 amide bonds. The Balaban J connectivity index is 2.18. The van der Waals surface area contributed by atoms with E-state index >= 15 is 0 Å². The number of rotatable bonds is 5. The van der Waals surface area contributed by atoms with E-state index < -0.39 is 0 Å². The van der Waals surface area contributed by atoms with Crippen molar-refractivity contribution in [2.24, 2.45) is 5.92 Å². The third-order valence-electron chi connectivity index (χ3n) is 4.37. The maximum atomic E-state index is 3.61. The van der Waals surface area contributed by atoms with Gasteiger partial charge >= 0.3 is 0 Å². The van der Waals surface area contributed by atoms with Gasteiger partial charge in [-0.1, -0.05) is 69.0 Å². The first-order valence-electron chi connectivity index (χ1n) is 8.16. The summed E-state index contributed by atoms with van der Waals surface area (Å²) < 4.78 is 0. The molecule has 0 radical (unpaired) electrons. The van der Waals surface area contributed by atoms with E-state index in [2.05, 4.69) is 56.4 Å². The molecule has 1 aliphatic carbocycles. The molecule has 0 aliphatic heterocycles.